The van der Waals surface area contributed by atoms with Crippen molar-refractivity contribution in [2.45, 2.75) is 44.4 Å². The topological polar surface area (TPSA) is 86.3 Å². The van der Waals surface area contributed by atoms with Crippen LogP contribution in [0.2, 0.25) is 0 Å². The van der Waals surface area contributed by atoms with E-state index in [-0.39, 0.29) is 5.91 Å². The van der Waals surface area contributed by atoms with Crippen molar-refractivity contribution in [3.63, 3.8) is 0 Å². The molecule has 0 bridgehead atoms. The van der Waals surface area contributed by atoms with E-state index in [1.54, 1.807) is 17.1 Å². The molecule has 0 saturated carbocycles. The van der Waals surface area contributed by atoms with Crippen molar-refractivity contribution in [3.8, 4) is 0 Å². The van der Waals surface area contributed by atoms with Gasteiger partial charge in [-0.15, -0.1) is 0 Å². The fourth-order valence-corrected chi connectivity index (χ4v) is 4.01. The molecule has 2 aromatic heterocycles. The van der Waals surface area contributed by atoms with Crippen molar-refractivity contribution in [1.29, 1.82) is 0 Å². The first-order valence-corrected chi connectivity index (χ1v) is 9.87. The Hall–Kier alpha value is -2.22. The molecule has 1 atom stereocenters. The highest BCUT2D eigenvalue weighted by atomic mass is 16.5. The Kier molecular flexibility index (Phi) is 5.52. The zero-order valence-electron chi connectivity index (χ0n) is 15.8. The summed E-state index contributed by atoms with van der Waals surface area (Å²) in [7, 11) is 1.83. The number of hydrogen-bond donors (Lipinski definition) is 0. The molecule has 1 amide bonds. The molecule has 0 N–H and O–H groups in total. The Balaban J connectivity index is 1.29. The lowest BCUT2D eigenvalue weighted by atomic mass is 9.93. The summed E-state index contributed by atoms with van der Waals surface area (Å²) >= 11 is 0. The molecule has 0 aliphatic carbocycles. The molecular weight excluding hydrogens is 346 g/mol. The highest BCUT2D eigenvalue weighted by Crippen LogP contribution is 2.26. The zero-order chi connectivity index (χ0) is 18.6. The average molecular weight is 373 g/mol. The van der Waals surface area contributed by atoms with E-state index in [1.807, 2.05) is 11.9 Å². The predicted octanol–water partition coefficient (Wildman–Crippen LogP) is 2.18. The first-order chi connectivity index (χ1) is 13.2. The van der Waals surface area contributed by atoms with Gasteiger partial charge >= 0.3 is 0 Å². The summed E-state index contributed by atoms with van der Waals surface area (Å²) in [5.74, 6) is 2.43. The molecule has 27 heavy (non-hydrogen) atoms. The van der Waals surface area contributed by atoms with E-state index in [0.717, 1.165) is 76.5 Å². The standard InChI is InChI=1S/C19H27N5O3/c1-23-13-16(11-20-23)19(25)24-8-2-3-14(12-24)4-5-17-21-18(27-22-17)15-6-9-26-10-7-15/h11,13-15H,2-10,12H2,1H3. The third-order valence-electron chi connectivity index (χ3n) is 5.59. The number of ether oxygens (including phenoxy) is 1. The molecule has 2 aliphatic rings. The first-order valence-electron chi connectivity index (χ1n) is 9.87. The second-order valence-corrected chi connectivity index (χ2v) is 7.64. The zero-order valence-corrected chi connectivity index (χ0v) is 15.8. The predicted molar refractivity (Wildman–Crippen MR) is 97.2 cm³/mol. The van der Waals surface area contributed by atoms with Gasteiger partial charge in [-0.1, -0.05) is 5.16 Å². The molecule has 8 heteroatoms. The minimum atomic E-state index is 0.0779. The molecule has 0 radical (unpaired) electrons. The summed E-state index contributed by atoms with van der Waals surface area (Å²) in [6, 6.07) is 0. The summed E-state index contributed by atoms with van der Waals surface area (Å²) in [5.41, 5.74) is 0.664. The highest BCUT2D eigenvalue weighted by molar-refractivity contribution is 5.93. The van der Waals surface area contributed by atoms with E-state index in [4.69, 9.17) is 9.26 Å². The molecule has 0 spiro atoms. The van der Waals surface area contributed by atoms with Crippen LogP contribution in [0, 0.1) is 5.92 Å². The van der Waals surface area contributed by atoms with Crippen LogP contribution in [0.5, 0.6) is 0 Å². The monoisotopic (exact) mass is 373 g/mol. The number of piperidine rings is 1. The maximum atomic E-state index is 12.6. The van der Waals surface area contributed by atoms with Gasteiger partial charge in [0.15, 0.2) is 5.82 Å². The summed E-state index contributed by atoms with van der Waals surface area (Å²) in [6.07, 6.45) is 9.28. The number of aryl methyl sites for hydroxylation is 2. The lowest BCUT2D eigenvalue weighted by Crippen LogP contribution is -2.40. The summed E-state index contributed by atoms with van der Waals surface area (Å²) < 4.78 is 12.5. The van der Waals surface area contributed by atoms with Crippen molar-refractivity contribution < 1.29 is 14.1 Å². The Labute approximate surface area is 158 Å². The van der Waals surface area contributed by atoms with Crippen LogP contribution in [0.4, 0.5) is 0 Å². The first kappa shape index (κ1) is 18.2. The number of hydrogen-bond acceptors (Lipinski definition) is 6. The van der Waals surface area contributed by atoms with Gasteiger partial charge < -0.3 is 14.2 Å². The smallest absolute Gasteiger partial charge is 0.257 e. The minimum Gasteiger partial charge on any atom is -0.381 e. The summed E-state index contributed by atoms with van der Waals surface area (Å²) in [5, 5.41) is 8.26. The fourth-order valence-electron chi connectivity index (χ4n) is 4.01. The molecule has 146 valence electrons. The van der Waals surface area contributed by atoms with Gasteiger partial charge in [0.25, 0.3) is 5.91 Å². The molecule has 1 unspecified atom stereocenters. The Morgan fingerprint density at radius 1 is 1.30 bits per heavy atom. The molecule has 2 fully saturated rings. The quantitative estimate of drug-likeness (QED) is 0.798. The van der Waals surface area contributed by atoms with Gasteiger partial charge in [0.2, 0.25) is 5.89 Å². The molecule has 4 rings (SSSR count). The van der Waals surface area contributed by atoms with Crippen LogP contribution in [0.3, 0.4) is 0 Å². The van der Waals surface area contributed by atoms with Crippen LogP contribution in [-0.2, 0) is 18.2 Å². The third kappa shape index (κ3) is 4.37. The van der Waals surface area contributed by atoms with E-state index in [9.17, 15) is 4.79 Å². The van der Waals surface area contributed by atoms with Crippen molar-refractivity contribution in [2.75, 3.05) is 26.3 Å². The van der Waals surface area contributed by atoms with Crippen LogP contribution in [0.25, 0.3) is 0 Å². The number of rotatable bonds is 5. The fraction of sp³-hybridized carbons (Fsp3) is 0.684. The number of likely N-dealkylation sites (tertiary alicyclic amines) is 1. The van der Waals surface area contributed by atoms with Gasteiger partial charge in [-0.3, -0.25) is 9.48 Å². The van der Waals surface area contributed by atoms with Crippen LogP contribution < -0.4 is 0 Å². The maximum absolute atomic E-state index is 12.6. The molecule has 0 aromatic carbocycles. The van der Waals surface area contributed by atoms with Crippen LogP contribution >= 0.6 is 0 Å². The lowest BCUT2D eigenvalue weighted by Gasteiger charge is -2.32. The second kappa shape index (κ2) is 8.21. The Bertz CT molecular complexity index is 765. The molecule has 2 aromatic rings. The molecular formula is C19H27N5O3. The Morgan fingerprint density at radius 2 is 2.15 bits per heavy atom. The second-order valence-electron chi connectivity index (χ2n) is 7.64. The number of nitrogens with zero attached hydrogens (tertiary/aromatic N) is 5. The number of carbonyl (C=O) groups excluding carboxylic acids is 1. The number of amides is 1. The van der Waals surface area contributed by atoms with E-state index < -0.39 is 0 Å². The largest absolute Gasteiger partial charge is 0.381 e. The van der Waals surface area contributed by atoms with Crippen LogP contribution in [0.15, 0.2) is 16.9 Å². The number of aromatic nitrogens is 4. The van der Waals surface area contributed by atoms with Crippen LogP contribution in [0.1, 0.15) is 60.1 Å². The molecule has 2 aliphatic heterocycles. The third-order valence-corrected chi connectivity index (χ3v) is 5.59. The van der Waals surface area contributed by atoms with Gasteiger partial charge in [0.1, 0.15) is 0 Å². The van der Waals surface area contributed by atoms with Crippen molar-refractivity contribution in [2.24, 2.45) is 13.0 Å². The highest BCUT2D eigenvalue weighted by Gasteiger charge is 2.26. The van der Waals surface area contributed by atoms with E-state index in [2.05, 4.69) is 15.2 Å². The lowest BCUT2D eigenvalue weighted by molar-refractivity contribution is 0.0668. The number of carbonyl (C=O) groups is 1. The normalized spacial score (nSPS) is 21.5. The molecule has 4 heterocycles. The van der Waals surface area contributed by atoms with Crippen molar-refractivity contribution >= 4 is 5.91 Å². The van der Waals surface area contributed by atoms with E-state index >= 15 is 0 Å². The van der Waals surface area contributed by atoms with Gasteiger partial charge in [-0.05, 0) is 38.0 Å². The molecule has 8 nitrogen and oxygen atoms in total. The SMILES string of the molecule is Cn1cc(C(=O)N2CCCC(CCc3noc(C4CCOCC4)n3)C2)cn1. The van der Waals surface area contributed by atoms with Crippen LogP contribution in [-0.4, -0.2) is 57.0 Å². The van der Waals surface area contributed by atoms with Gasteiger partial charge in [0, 0.05) is 51.9 Å². The van der Waals surface area contributed by atoms with Crippen molar-refractivity contribution in [3.05, 3.63) is 29.7 Å². The molecule has 2 saturated heterocycles. The van der Waals surface area contributed by atoms with E-state index in [0.29, 0.717) is 17.4 Å². The maximum Gasteiger partial charge on any atom is 0.257 e. The van der Waals surface area contributed by atoms with Gasteiger partial charge in [-0.25, -0.2) is 0 Å². The summed E-state index contributed by atoms with van der Waals surface area (Å²) in [4.78, 5) is 19.2. The van der Waals surface area contributed by atoms with Crippen molar-refractivity contribution in [1.82, 2.24) is 24.8 Å². The summed E-state index contributed by atoms with van der Waals surface area (Å²) in [6.45, 7) is 3.15. The van der Waals surface area contributed by atoms with Gasteiger partial charge in [-0.2, -0.15) is 10.1 Å². The minimum absolute atomic E-state index is 0.0779. The van der Waals surface area contributed by atoms with E-state index in [1.165, 1.54) is 0 Å². The average Bonchev–Trinajstić information content (AvgIpc) is 3.36. The van der Waals surface area contributed by atoms with Gasteiger partial charge in [0.05, 0.1) is 11.8 Å². The Morgan fingerprint density at radius 3 is 2.93 bits per heavy atom.